The summed E-state index contributed by atoms with van der Waals surface area (Å²) in [4.78, 5) is 20.9. The third kappa shape index (κ3) is 4.96. The number of nitrogens with zero attached hydrogens (tertiary/aromatic N) is 2. The minimum atomic E-state index is -0.939. The van der Waals surface area contributed by atoms with E-state index in [2.05, 4.69) is 15.3 Å². The van der Waals surface area contributed by atoms with Crippen LogP contribution in [0.3, 0.4) is 0 Å². The number of amides is 1. The number of carbonyl (C=O) groups excluding carboxylic acids is 1. The van der Waals surface area contributed by atoms with Crippen LogP contribution in [0.15, 0.2) is 36.7 Å². The van der Waals surface area contributed by atoms with E-state index < -0.39 is 10.8 Å². The predicted octanol–water partition coefficient (Wildman–Crippen LogP) is 2.90. The zero-order valence-electron chi connectivity index (χ0n) is 13.8. The third-order valence-electron chi connectivity index (χ3n) is 3.14. The van der Waals surface area contributed by atoms with E-state index in [1.54, 1.807) is 36.8 Å². The Hall–Kier alpha value is -2.08. The Balaban J connectivity index is 2.11. The van der Waals surface area contributed by atoms with Crippen LogP contribution in [0.5, 0.6) is 0 Å². The van der Waals surface area contributed by atoms with Gasteiger partial charge in [0, 0.05) is 33.8 Å². The summed E-state index contributed by atoms with van der Waals surface area (Å²) in [5, 5.41) is 2.78. The second-order valence-electron chi connectivity index (χ2n) is 6.42. The van der Waals surface area contributed by atoms with E-state index in [9.17, 15) is 9.00 Å². The molecule has 0 saturated heterocycles. The van der Waals surface area contributed by atoms with Crippen molar-refractivity contribution in [1.82, 2.24) is 9.97 Å². The lowest BCUT2D eigenvalue weighted by atomic mass is 9.96. The first-order chi connectivity index (χ1) is 10.8. The third-order valence-corrected chi connectivity index (χ3v) is 3.88. The molecule has 0 aliphatic rings. The fourth-order valence-corrected chi connectivity index (χ4v) is 2.67. The number of rotatable bonds is 4. The van der Waals surface area contributed by atoms with Crippen LogP contribution in [0.4, 0.5) is 5.69 Å². The van der Waals surface area contributed by atoms with Gasteiger partial charge in [0.15, 0.2) is 0 Å². The molecule has 1 N–H and O–H groups in total. The number of hydrogen-bond donors (Lipinski definition) is 1. The number of benzene rings is 1. The summed E-state index contributed by atoms with van der Waals surface area (Å²) in [6.07, 6.45) is 4.85. The maximum absolute atomic E-state index is 12.3. The monoisotopic (exact) mass is 331 g/mol. The summed E-state index contributed by atoms with van der Waals surface area (Å²) in [6.45, 7) is 6.09. The lowest BCUT2D eigenvalue weighted by Gasteiger charge is -2.16. The van der Waals surface area contributed by atoms with Gasteiger partial charge in [-0.2, -0.15) is 0 Å². The highest BCUT2D eigenvalue weighted by atomic mass is 32.2. The average Bonchev–Trinajstić information content (AvgIpc) is 2.46. The number of hydrogen-bond acceptors (Lipinski definition) is 4. The smallest absolute Gasteiger partial charge is 0.255 e. The molecule has 2 rings (SSSR count). The van der Waals surface area contributed by atoms with Crippen molar-refractivity contribution >= 4 is 22.4 Å². The van der Waals surface area contributed by atoms with E-state index in [1.807, 2.05) is 26.8 Å². The fraction of sp³-hybridized carbons (Fsp3) is 0.353. The molecule has 1 aromatic heterocycles. The molecule has 5 nitrogen and oxygen atoms in total. The van der Waals surface area contributed by atoms with Crippen molar-refractivity contribution in [2.24, 2.45) is 0 Å². The Bertz CT molecular complexity index is 721. The Morgan fingerprint density at radius 1 is 1.22 bits per heavy atom. The maximum Gasteiger partial charge on any atom is 0.255 e. The van der Waals surface area contributed by atoms with Gasteiger partial charge in [-0.15, -0.1) is 0 Å². The summed E-state index contributed by atoms with van der Waals surface area (Å²) >= 11 is 0. The van der Waals surface area contributed by atoms with E-state index >= 15 is 0 Å². The number of carbonyl (C=O) groups is 1. The Labute approximate surface area is 139 Å². The van der Waals surface area contributed by atoms with Crippen LogP contribution in [0.25, 0.3) is 0 Å². The molecule has 0 bridgehead atoms. The van der Waals surface area contributed by atoms with Crippen molar-refractivity contribution in [3.8, 4) is 0 Å². The van der Waals surface area contributed by atoms with Gasteiger partial charge in [-0.3, -0.25) is 9.00 Å². The lowest BCUT2D eigenvalue weighted by Crippen LogP contribution is -2.17. The SMILES string of the molecule is C[S@@](=O)Cc1cccc(C(=O)Nc2cnc(C(C)(C)C)nc2)c1. The molecule has 1 amide bonds. The Morgan fingerprint density at radius 2 is 1.87 bits per heavy atom. The van der Waals surface area contributed by atoms with Gasteiger partial charge in [0.2, 0.25) is 0 Å². The van der Waals surface area contributed by atoms with Crippen molar-refractivity contribution < 1.29 is 9.00 Å². The molecular formula is C17H21N3O2S. The molecule has 2 aromatic rings. The number of aromatic nitrogens is 2. The van der Waals surface area contributed by atoms with Crippen LogP contribution in [0.2, 0.25) is 0 Å². The summed E-state index contributed by atoms with van der Waals surface area (Å²) < 4.78 is 11.3. The molecule has 0 radical (unpaired) electrons. The largest absolute Gasteiger partial charge is 0.319 e. The second-order valence-corrected chi connectivity index (χ2v) is 7.85. The highest BCUT2D eigenvalue weighted by molar-refractivity contribution is 7.83. The predicted molar refractivity (Wildman–Crippen MR) is 92.9 cm³/mol. The van der Waals surface area contributed by atoms with Gasteiger partial charge in [-0.25, -0.2) is 9.97 Å². The van der Waals surface area contributed by atoms with E-state index in [-0.39, 0.29) is 11.3 Å². The van der Waals surface area contributed by atoms with Crippen molar-refractivity contribution in [2.75, 3.05) is 11.6 Å². The van der Waals surface area contributed by atoms with E-state index in [0.717, 1.165) is 11.4 Å². The van der Waals surface area contributed by atoms with Crippen molar-refractivity contribution in [2.45, 2.75) is 31.9 Å². The molecule has 0 fully saturated rings. The van der Waals surface area contributed by atoms with Gasteiger partial charge in [-0.05, 0) is 17.7 Å². The van der Waals surface area contributed by atoms with Crippen LogP contribution < -0.4 is 5.32 Å². The Morgan fingerprint density at radius 3 is 2.43 bits per heavy atom. The minimum Gasteiger partial charge on any atom is -0.319 e. The van der Waals surface area contributed by atoms with E-state index in [4.69, 9.17) is 0 Å². The molecule has 6 heteroatoms. The van der Waals surface area contributed by atoms with Crippen LogP contribution in [-0.2, 0) is 22.0 Å². The van der Waals surface area contributed by atoms with Gasteiger partial charge in [0.25, 0.3) is 5.91 Å². The maximum atomic E-state index is 12.3. The quantitative estimate of drug-likeness (QED) is 0.935. The number of nitrogens with one attached hydrogen (secondary N) is 1. The van der Waals surface area contributed by atoms with Gasteiger partial charge in [-0.1, -0.05) is 32.9 Å². The molecule has 1 heterocycles. The summed E-state index contributed by atoms with van der Waals surface area (Å²) in [6, 6.07) is 7.12. The minimum absolute atomic E-state index is 0.132. The molecular weight excluding hydrogens is 310 g/mol. The topological polar surface area (TPSA) is 72.0 Å². The van der Waals surface area contributed by atoms with Crippen LogP contribution in [-0.4, -0.2) is 26.3 Å². The van der Waals surface area contributed by atoms with Gasteiger partial charge in [0.05, 0.1) is 18.1 Å². The second kappa shape index (κ2) is 7.00. The highest BCUT2D eigenvalue weighted by Crippen LogP contribution is 2.18. The molecule has 0 aliphatic heterocycles. The first kappa shape index (κ1) is 17.3. The van der Waals surface area contributed by atoms with Crippen LogP contribution in [0.1, 0.15) is 42.5 Å². The van der Waals surface area contributed by atoms with E-state index in [0.29, 0.717) is 17.0 Å². The number of anilines is 1. The standard InChI is InChI=1S/C17H21N3O2S/c1-17(2,3)16-18-9-14(10-19-16)20-15(21)13-7-5-6-12(8-13)11-23(4)22/h5-10H,11H2,1-4H3,(H,20,21)/t23-/m1/s1. The summed E-state index contributed by atoms with van der Waals surface area (Å²) in [7, 11) is -0.939. The molecule has 0 spiro atoms. The van der Waals surface area contributed by atoms with Crippen molar-refractivity contribution in [3.05, 3.63) is 53.6 Å². The molecule has 1 atom stereocenters. The average molecular weight is 331 g/mol. The normalized spacial score (nSPS) is 12.7. The summed E-state index contributed by atoms with van der Waals surface area (Å²) in [5.74, 6) is 0.925. The van der Waals surface area contributed by atoms with Crippen LogP contribution >= 0.6 is 0 Å². The van der Waals surface area contributed by atoms with E-state index in [1.165, 1.54) is 0 Å². The lowest BCUT2D eigenvalue weighted by molar-refractivity contribution is 0.102. The molecule has 122 valence electrons. The molecule has 0 aliphatic carbocycles. The fourth-order valence-electron chi connectivity index (χ4n) is 2.02. The van der Waals surface area contributed by atoms with Gasteiger partial charge in [0.1, 0.15) is 5.82 Å². The first-order valence-corrected chi connectivity index (χ1v) is 9.01. The Kier molecular flexibility index (Phi) is 5.26. The zero-order valence-corrected chi connectivity index (χ0v) is 14.6. The summed E-state index contributed by atoms with van der Waals surface area (Å²) in [5.41, 5.74) is 1.81. The van der Waals surface area contributed by atoms with Gasteiger partial charge >= 0.3 is 0 Å². The van der Waals surface area contributed by atoms with Crippen molar-refractivity contribution in [1.29, 1.82) is 0 Å². The first-order valence-electron chi connectivity index (χ1n) is 7.28. The van der Waals surface area contributed by atoms with Crippen molar-refractivity contribution in [3.63, 3.8) is 0 Å². The molecule has 23 heavy (non-hydrogen) atoms. The molecule has 0 unspecified atom stereocenters. The molecule has 1 aromatic carbocycles. The van der Waals surface area contributed by atoms with Crippen LogP contribution in [0, 0.1) is 0 Å². The zero-order chi connectivity index (χ0) is 17.0. The van der Waals surface area contributed by atoms with Gasteiger partial charge < -0.3 is 5.32 Å². The molecule has 0 saturated carbocycles. The highest BCUT2D eigenvalue weighted by Gasteiger charge is 2.17.